The van der Waals surface area contributed by atoms with E-state index in [2.05, 4.69) is 5.32 Å². The molecule has 1 N–H and O–H groups in total. The van der Waals surface area contributed by atoms with E-state index in [1.54, 1.807) is 48.5 Å². The minimum absolute atomic E-state index is 0.126. The number of carbonyl (C=O) groups excluding carboxylic acids is 1. The molecule has 3 rings (SSSR count). The van der Waals surface area contributed by atoms with Crippen molar-refractivity contribution >= 4 is 38.9 Å². The molecule has 5 nitrogen and oxygen atoms in total. The van der Waals surface area contributed by atoms with Crippen molar-refractivity contribution in [3.05, 3.63) is 95.0 Å². The van der Waals surface area contributed by atoms with Crippen molar-refractivity contribution in [3.8, 4) is 0 Å². The Labute approximate surface area is 169 Å². The molecule has 0 aromatic heterocycles. The fourth-order valence-corrected chi connectivity index (χ4v) is 3.87. The number of nitrogens with zero attached hydrogens (tertiary/aromatic N) is 1. The van der Waals surface area contributed by atoms with Crippen LogP contribution in [-0.4, -0.2) is 20.6 Å². The number of hydrogen-bond acceptors (Lipinski definition) is 3. The van der Waals surface area contributed by atoms with Crippen molar-refractivity contribution in [1.82, 2.24) is 0 Å². The second-order valence-corrected chi connectivity index (χ2v) is 8.58. The van der Waals surface area contributed by atoms with E-state index in [-0.39, 0.29) is 12.1 Å². The Hall–Kier alpha value is -2.83. The highest BCUT2D eigenvalue weighted by atomic mass is 35.5. The van der Waals surface area contributed by atoms with Crippen molar-refractivity contribution in [3.63, 3.8) is 0 Å². The van der Waals surface area contributed by atoms with Gasteiger partial charge in [0.15, 0.2) is 0 Å². The molecule has 3 aromatic carbocycles. The van der Waals surface area contributed by atoms with E-state index >= 15 is 0 Å². The van der Waals surface area contributed by atoms with Crippen LogP contribution in [-0.2, 0) is 16.6 Å². The van der Waals surface area contributed by atoms with Crippen LogP contribution in [0.25, 0.3) is 0 Å². The molecule has 0 fully saturated rings. The Morgan fingerprint density at radius 3 is 2.32 bits per heavy atom. The first kappa shape index (κ1) is 19.9. The topological polar surface area (TPSA) is 66.5 Å². The number of nitrogens with one attached hydrogen (secondary N) is 1. The molecule has 0 bridgehead atoms. The largest absolute Gasteiger partial charge is 0.322 e. The van der Waals surface area contributed by atoms with Crippen LogP contribution < -0.4 is 9.62 Å². The summed E-state index contributed by atoms with van der Waals surface area (Å²) in [6, 6.07) is 22.6. The number of carbonyl (C=O) groups is 1. The van der Waals surface area contributed by atoms with E-state index < -0.39 is 15.9 Å². The average molecular weight is 415 g/mol. The number of hydrogen-bond donors (Lipinski definition) is 1. The van der Waals surface area contributed by atoms with Gasteiger partial charge in [-0.15, -0.1) is 0 Å². The third-order valence-electron chi connectivity index (χ3n) is 4.07. The number of sulfonamides is 1. The minimum Gasteiger partial charge on any atom is -0.322 e. The first-order valence-electron chi connectivity index (χ1n) is 8.52. The Kier molecular flexibility index (Phi) is 6.02. The molecule has 0 saturated carbocycles. The number of benzene rings is 3. The van der Waals surface area contributed by atoms with Gasteiger partial charge in [-0.2, -0.15) is 0 Å². The normalized spacial score (nSPS) is 11.1. The molecule has 28 heavy (non-hydrogen) atoms. The zero-order valence-corrected chi connectivity index (χ0v) is 16.7. The lowest BCUT2D eigenvalue weighted by Gasteiger charge is -2.24. The number of para-hydroxylation sites is 1. The summed E-state index contributed by atoms with van der Waals surface area (Å²) >= 11 is 5.97. The number of halogens is 1. The zero-order chi connectivity index (χ0) is 20.1. The van der Waals surface area contributed by atoms with Crippen molar-refractivity contribution in [1.29, 1.82) is 0 Å². The van der Waals surface area contributed by atoms with Crippen LogP contribution in [0.5, 0.6) is 0 Å². The molecule has 0 spiro atoms. The number of amides is 1. The highest BCUT2D eigenvalue weighted by Gasteiger charge is 2.23. The fraction of sp³-hybridized carbons (Fsp3) is 0.0952. The van der Waals surface area contributed by atoms with Crippen molar-refractivity contribution < 1.29 is 13.2 Å². The number of anilines is 2. The van der Waals surface area contributed by atoms with Crippen LogP contribution >= 0.6 is 11.6 Å². The molecule has 0 aliphatic heterocycles. The molecule has 7 heteroatoms. The van der Waals surface area contributed by atoms with Gasteiger partial charge in [-0.25, -0.2) is 8.42 Å². The van der Waals surface area contributed by atoms with E-state index in [1.165, 1.54) is 4.31 Å². The van der Waals surface area contributed by atoms with Gasteiger partial charge in [-0.3, -0.25) is 9.10 Å². The standard InChI is InChI=1S/C21H19ClN2O3S/c1-28(26,27)24(15-16-8-3-2-4-9-16)20-13-6-5-12-19(20)21(25)23-18-11-7-10-17(22)14-18/h2-14H,15H2,1H3,(H,23,25). The molecule has 0 heterocycles. The van der Waals surface area contributed by atoms with E-state index in [9.17, 15) is 13.2 Å². The van der Waals surface area contributed by atoms with Gasteiger partial charge >= 0.3 is 0 Å². The summed E-state index contributed by atoms with van der Waals surface area (Å²) in [6.45, 7) is 0.126. The van der Waals surface area contributed by atoms with Crippen LogP contribution in [0.4, 0.5) is 11.4 Å². The van der Waals surface area contributed by atoms with Gasteiger partial charge in [-0.1, -0.05) is 60.1 Å². The second kappa shape index (κ2) is 8.46. The van der Waals surface area contributed by atoms with E-state index in [4.69, 9.17) is 11.6 Å². The maximum atomic E-state index is 12.9. The summed E-state index contributed by atoms with van der Waals surface area (Å²) in [6.07, 6.45) is 1.13. The minimum atomic E-state index is -3.62. The molecular formula is C21H19ClN2O3S. The highest BCUT2D eigenvalue weighted by molar-refractivity contribution is 7.92. The third-order valence-corrected chi connectivity index (χ3v) is 5.43. The van der Waals surface area contributed by atoms with Crippen LogP contribution in [0.3, 0.4) is 0 Å². The third kappa shape index (κ3) is 4.91. The number of rotatable bonds is 6. The molecule has 0 atom stereocenters. The highest BCUT2D eigenvalue weighted by Crippen LogP contribution is 2.26. The molecular weight excluding hydrogens is 396 g/mol. The second-order valence-electron chi connectivity index (χ2n) is 6.24. The summed E-state index contributed by atoms with van der Waals surface area (Å²) in [4.78, 5) is 12.9. The fourth-order valence-electron chi connectivity index (χ4n) is 2.78. The lowest BCUT2D eigenvalue weighted by molar-refractivity contribution is 0.102. The first-order valence-corrected chi connectivity index (χ1v) is 10.7. The predicted octanol–water partition coefficient (Wildman–Crippen LogP) is 4.56. The summed E-state index contributed by atoms with van der Waals surface area (Å²) in [7, 11) is -3.62. The van der Waals surface area contributed by atoms with Crippen molar-refractivity contribution in [2.75, 3.05) is 15.9 Å². The maximum Gasteiger partial charge on any atom is 0.257 e. The Morgan fingerprint density at radius 1 is 0.964 bits per heavy atom. The summed E-state index contributed by atoms with van der Waals surface area (Å²) in [5, 5.41) is 3.26. The smallest absolute Gasteiger partial charge is 0.257 e. The first-order chi connectivity index (χ1) is 13.3. The van der Waals surface area contributed by atoms with E-state index in [0.717, 1.165) is 11.8 Å². The summed E-state index contributed by atoms with van der Waals surface area (Å²) in [5.74, 6) is -0.417. The van der Waals surface area contributed by atoms with E-state index in [0.29, 0.717) is 16.4 Å². The van der Waals surface area contributed by atoms with Crippen LogP contribution in [0, 0.1) is 0 Å². The zero-order valence-electron chi connectivity index (χ0n) is 15.2. The molecule has 0 unspecified atom stereocenters. The molecule has 1 amide bonds. The lowest BCUT2D eigenvalue weighted by atomic mass is 10.1. The van der Waals surface area contributed by atoms with Gasteiger partial charge in [0.1, 0.15) is 0 Å². The molecule has 0 saturated heterocycles. The van der Waals surface area contributed by atoms with Crippen LogP contribution in [0.1, 0.15) is 15.9 Å². The van der Waals surface area contributed by atoms with E-state index in [1.807, 2.05) is 30.3 Å². The molecule has 0 aliphatic carbocycles. The SMILES string of the molecule is CS(=O)(=O)N(Cc1ccccc1)c1ccccc1C(=O)Nc1cccc(Cl)c1. The Bertz CT molecular complexity index is 1090. The van der Waals surface area contributed by atoms with Gasteiger partial charge in [0.2, 0.25) is 10.0 Å². The van der Waals surface area contributed by atoms with Crippen molar-refractivity contribution in [2.24, 2.45) is 0 Å². The van der Waals surface area contributed by atoms with Gasteiger partial charge in [0.05, 0.1) is 24.1 Å². The molecule has 144 valence electrons. The van der Waals surface area contributed by atoms with Gasteiger partial charge in [-0.05, 0) is 35.9 Å². The monoisotopic (exact) mass is 414 g/mol. The van der Waals surface area contributed by atoms with Gasteiger partial charge in [0, 0.05) is 10.7 Å². The Balaban J connectivity index is 1.97. The average Bonchev–Trinajstić information content (AvgIpc) is 2.66. The molecule has 3 aromatic rings. The molecule has 0 radical (unpaired) electrons. The van der Waals surface area contributed by atoms with Crippen molar-refractivity contribution in [2.45, 2.75) is 6.54 Å². The summed E-state index contributed by atoms with van der Waals surface area (Å²) in [5.41, 5.74) is 1.91. The van der Waals surface area contributed by atoms with Gasteiger partial charge in [0.25, 0.3) is 5.91 Å². The predicted molar refractivity (Wildman–Crippen MR) is 113 cm³/mol. The van der Waals surface area contributed by atoms with Crippen LogP contribution in [0.2, 0.25) is 5.02 Å². The lowest BCUT2D eigenvalue weighted by Crippen LogP contribution is -2.31. The molecule has 0 aliphatic rings. The maximum absolute atomic E-state index is 12.9. The quantitative estimate of drug-likeness (QED) is 0.643. The summed E-state index contributed by atoms with van der Waals surface area (Å²) < 4.78 is 26.2. The van der Waals surface area contributed by atoms with Crippen LogP contribution in [0.15, 0.2) is 78.9 Å². The van der Waals surface area contributed by atoms with Gasteiger partial charge < -0.3 is 5.32 Å². The Morgan fingerprint density at radius 2 is 1.64 bits per heavy atom.